The summed E-state index contributed by atoms with van der Waals surface area (Å²) in [6.45, 7) is 2.93. The van der Waals surface area contributed by atoms with E-state index < -0.39 is 0 Å². The van der Waals surface area contributed by atoms with Crippen molar-refractivity contribution in [1.82, 2.24) is 10.2 Å². The van der Waals surface area contributed by atoms with Crippen LogP contribution in [-0.4, -0.2) is 31.1 Å². The molecule has 2 nitrogen and oxygen atoms in total. The van der Waals surface area contributed by atoms with Crippen LogP contribution in [0, 0.1) is 5.82 Å². The minimum Gasteiger partial charge on any atom is -0.315 e. The van der Waals surface area contributed by atoms with Gasteiger partial charge in [-0.2, -0.15) is 0 Å². The second-order valence-electron chi connectivity index (χ2n) is 4.65. The summed E-state index contributed by atoms with van der Waals surface area (Å²) in [7, 11) is 2.11. The molecule has 0 aliphatic carbocycles. The Morgan fingerprint density at radius 3 is 3.06 bits per heavy atom. The lowest BCUT2D eigenvalue weighted by Gasteiger charge is -2.31. The molecule has 0 spiro atoms. The van der Waals surface area contributed by atoms with E-state index in [1.54, 1.807) is 12.1 Å². The SMILES string of the molecule is CN(Cc1cc(F)ccc1Br)C1CCCNC1. The summed E-state index contributed by atoms with van der Waals surface area (Å²) in [6, 6.07) is 5.42. The van der Waals surface area contributed by atoms with Crippen molar-refractivity contribution in [3.8, 4) is 0 Å². The highest BCUT2D eigenvalue weighted by Crippen LogP contribution is 2.21. The van der Waals surface area contributed by atoms with Crippen molar-refractivity contribution in [1.29, 1.82) is 0 Å². The number of nitrogens with one attached hydrogen (secondary N) is 1. The van der Waals surface area contributed by atoms with Crippen molar-refractivity contribution in [3.63, 3.8) is 0 Å². The van der Waals surface area contributed by atoms with E-state index in [9.17, 15) is 4.39 Å². The number of hydrogen-bond donors (Lipinski definition) is 1. The van der Waals surface area contributed by atoms with Gasteiger partial charge in [-0.05, 0) is 50.2 Å². The third kappa shape index (κ3) is 3.50. The van der Waals surface area contributed by atoms with Crippen molar-refractivity contribution in [2.75, 3.05) is 20.1 Å². The first-order valence-corrected chi connectivity index (χ1v) is 6.81. The van der Waals surface area contributed by atoms with E-state index in [-0.39, 0.29) is 5.82 Å². The van der Waals surface area contributed by atoms with Crippen LogP contribution < -0.4 is 5.32 Å². The van der Waals surface area contributed by atoms with Gasteiger partial charge < -0.3 is 5.32 Å². The van der Waals surface area contributed by atoms with Crippen LogP contribution in [0.3, 0.4) is 0 Å². The highest BCUT2D eigenvalue weighted by molar-refractivity contribution is 9.10. The maximum Gasteiger partial charge on any atom is 0.123 e. The van der Waals surface area contributed by atoms with E-state index in [2.05, 4.69) is 33.2 Å². The van der Waals surface area contributed by atoms with Crippen LogP contribution >= 0.6 is 15.9 Å². The Labute approximate surface area is 110 Å². The standard InChI is InChI=1S/C13H18BrFN2/c1-17(12-3-2-6-16-8-12)9-10-7-11(15)4-5-13(10)14/h4-5,7,12,16H,2-3,6,8-9H2,1H3. The Morgan fingerprint density at radius 2 is 2.35 bits per heavy atom. The van der Waals surface area contributed by atoms with Gasteiger partial charge in [0.1, 0.15) is 5.82 Å². The molecule has 1 aromatic rings. The Kier molecular flexibility index (Phi) is 4.54. The lowest BCUT2D eigenvalue weighted by molar-refractivity contribution is 0.195. The van der Waals surface area contributed by atoms with Gasteiger partial charge >= 0.3 is 0 Å². The first kappa shape index (κ1) is 13.0. The predicted molar refractivity (Wildman–Crippen MR) is 71.5 cm³/mol. The van der Waals surface area contributed by atoms with E-state index in [4.69, 9.17) is 0 Å². The molecule has 0 radical (unpaired) electrons. The summed E-state index contributed by atoms with van der Waals surface area (Å²) < 4.78 is 14.2. The molecule has 1 aliphatic rings. The monoisotopic (exact) mass is 300 g/mol. The third-order valence-electron chi connectivity index (χ3n) is 3.32. The molecule has 0 amide bonds. The number of halogens is 2. The Morgan fingerprint density at radius 1 is 1.53 bits per heavy atom. The van der Waals surface area contributed by atoms with Crippen molar-refractivity contribution >= 4 is 15.9 Å². The van der Waals surface area contributed by atoms with E-state index in [1.165, 1.54) is 18.9 Å². The molecule has 0 bridgehead atoms. The molecular weight excluding hydrogens is 283 g/mol. The summed E-state index contributed by atoms with van der Waals surface area (Å²) in [5.41, 5.74) is 1.01. The largest absolute Gasteiger partial charge is 0.315 e. The highest BCUT2D eigenvalue weighted by atomic mass is 79.9. The highest BCUT2D eigenvalue weighted by Gasteiger charge is 2.18. The molecule has 4 heteroatoms. The minimum absolute atomic E-state index is 0.168. The maximum absolute atomic E-state index is 13.2. The van der Waals surface area contributed by atoms with Gasteiger partial charge in [-0.3, -0.25) is 4.90 Å². The average Bonchev–Trinajstić information content (AvgIpc) is 2.35. The predicted octanol–water partition coefficient (Wildman–Crippen LogP) is 2.77. The minimum atomic E-state index is -0.168. The first-order valence-electron chi connectivity index (χ1n) is 6.01. The number of piperidine rings is 1. The van der Waals surface area contributed by atoms with Crippen LogP contribution in [0.4, 0.5) is 4.39 Å². The van der Waals surface area contributed by atoms with Gasteiger partial charge in [0.2, 0.25) is 0 Å². The molecule has 0 aromatic heterocycles. The summed E-state index contributed by atoms with van der Waals surface area (Å²) in [5.74, 6) is -0.168. The molecule has 1 N–H and O–H groups in total. The molecule has 2 rings (SSSR count). The molecule has 17 heavy (non-hydrogen) atoms. The topological polar surface area (TPSA) is 15.3 Å². The van der Waals surface area contributed by atoms with Crippen LogP contribution in [0.2, 0.25) is 0 Å². The van der Waals surface area contributed by atoms with Crippen molar-refractivity contribution < 1.29 is 4.39 Å². The lowest BCUT2D eigenvalue weighted by atomic mass is 10.1. The van der Waals surface area contributed by atoms with Gasteiger partial charge in [0.25, 0.3) is 0 Å². The number of likely N-dealkylation sites (N-methyl/N-ethyl adjacent to an activating group) is 1. The van der Waals surface area contributed by atoms with Crippen LogP contribution in [0.15, 0.2) is 22.7 Å². The smallest absolute Gasteiger partial charge is 0.123 e. The van der Waals surface area contributed by atoms with Gasteiger partial charge in [0.15, 0.2) is 0 Å². The molecule has 1 aromatic carbocycles. The fourth-order valence-electron chi connectivity index (χ4n) is 2.27. The second kappa shape index (κ2) is 5.94. The Bertz CT molecular complexity index is 378. The van der Waals surface area contributed by atoms with Gasteiger partial charge in [0, 0.05) is 23.6 Å². The molecule has 1 saturated heterocycles. The van der Waals surface area contributed by atoms with Crippen LogP contribution in [0.5, 0.6) is 0 Å². The zero-order valence-electron chi connectivity index (χ0n) is 10.0. The summed E-state index contributed by atoms with van der Waals surface area (Å²) in [5, 5.41) is 3.40. The van der Waals surface area contributed by atoms with Crippen molar-refractivity contribution in [3.05, 3.63) is 34.1 Å². The number of nitrogens with zero attached hydrogens (tertiary/aromatic N) is 1. The number of hydrogen-bond acceptors (Lipinski definition) is 2. The van der Waals surface area contributed by atoms with Gasteiger partial charge in [-0.15, -0.1) is 0 Å². The second-order valence-corrected chi connectivity index (χ2v) is 5.51. The molecule has 1 fully saturated rings. The number of rotatable bonds is 3. The first-order chi connectivity index (χ1) is 8.16. The summed E-state index contributed by atoms with van der Waals surface area (Å²) in [6.07, 6.45) is 2.44. The zero-order valence-corrected chi connectivity index (χ0v) is 11.6. The molecule has 94 valence electrons. The zero-order chi connectivity index (χ0) is 12.3. The third-order valence-corrected chi connectivity index (χ3v) is 4.10. The van der Waals surface area contributed by atoms with Crippen LogP contribution in [0.25, 0.3) is 0 Å². The van der Waals surface area contributed by atoms with Gasteiger partial charge in [0.05, 0.1) is 0 Å². The van der Waals surface area contributed by atoms with Crippen molar-refractivity contribution in [2.24, 2.45) is 0 Å². The van der Waals surface area contributed by atoms with E-state index >= 15 is 0 Å². The Hall–Kier alpha value is -0.450. The fourth-order valence-corrected chi connectivity index (χ4v) is 2.64. The Balaban J connectivity index is 2.01. The van der Waals surface area contributed by atoms with Gasteiger partial charge in [-0.25, -0.2) is 4.39 Å². The summed E-state index contributed by atoms with van der Waals surface area (Å²) >= 11 is 3.47. The quantitative estimate of drug-likeness (QED) is 0.923. The molecule has 1 heterocycles. The average molecular weight is 301 g/mol. The maximum atomic E-state index is 13.2. The molecule has 1 atom stereocenters. The summed E-state index contributed by atoms with van der Waals surface area (Å²) in [4.78, 5) is 2.30. The van der Waals surface area contributed by atoms with E-state index in [0.29, 0.717) is 6.04 Å². The lowest BCUT2D eigenvalue weighted by Crippen LogP contribution is -2.43. The van der Waals surface area contributed by atoms with Gasteiger partial charge in [-0.1, -0.05) is 15.9 Å². The molecule has 1 unspecified atom stereocenters. The molecule has 1 aliphatic heterocycles. The normalized spacial score (nSPS) is 20.8. The van der Waals surface area contributed by atoms with Crippen LogP contribution in [0.1, 0.15) is 18.4 Å². The van der Waals surface area contributed by atoms with E-state index in [0.717, 1.165) is 29.7 Å². The molecule has 0 saturated carbocycles. The van der Waals surface area contributed by atoms with E-state index in [1.807, 2.05) is 0 Å². The fraction of sp³-hybridized carbons (Fsp3) is 0.538. The van der Waals surface area contributed by atoms with Crippen molar-refractivity contribution in [2.45, 2.75) is 25.4 Å². The molecular formula is C13H18BrFN2. The van der Waals surface area contributed by atoms with Crippen LogP contribution in [-0.2, 0) is 6.54 Å². The number of benzene rings is 1.